The molecule has 168 valence electrons. The van der Waals surface area contributed by atoms with Crippen molar-refractivity contribution in [1.82, 2.24) is 10.2 Å². The standard InChI is InChI=1S/C24H39N3O2S/c1-24(2,3)26-23(29)21-13-17-9-7-8-10-18(17)14-27(21)15-22(28)20(25)16-30-19-11-5-4-6-12-19/h4-6,11-12,17-18,20-22,28H,7-10,13-16,25H2,1-3H3,(H,26,29). The Balaban J connectivity index is 1.62. The summed E-state index contributed by atoms with van der Waals surface area (Å²) in [5, 5.41) is 14.0. The number of piperidine rings is 1. The fourth-order valence-electron chi connectivity index (χ4n) is 4.82. The summed E-state index contributed by atoms with van der Waals surface area (Å²) in [5.74, 6) is 2.01. The Bertz CT molecular complexity index is 679. The average molecular weight is 434 g/mol. The zero-order valence-electron chi connectivity index (χ0n) is 18.7. The summed E-state index contributed by atoms with van der Waals surface area (Å²) in [6, 6.07) is 9.64. The molecular weight excluding hydrogens is 394 g/mol. The van der Waals surface area contributed by atoms with E-state index in [4.69, 9.17) is 5.73 Å². The number of benzene rings is 1. The molecule has 1 amide bonds. The maximum Gasteiger partial charge on any atom is 0.237 e. The molecule has 1 aliphatic carbocycles. The second-order valence-electron chi connectivity index (χ2n) is 10.1. The van der Waals surface area contributed by atoms with Gasteiger partial charge in [0.1, 0.15) is 0 Å². The van der Waals surface area contributed by atoms with E-state index < -0.39 is 6.10 Å². The number of thioether (sulfide) groups is 1. The lowest BCUT2D eigenvalue weighted by atomic mass is 9.72. The van der Waals surface area contributed by atoms with E-state index >= 15 is 0 Å². The highest BCUT2D eigenvalue weighted by Crippen LogP contribution is 2.38. The zero-order valence-corrected chi connectivity index (χ0v) is 19.5. The number of β-amino-alcohol motifs (C(OH)–C–C–N with tert-alkyl or cyclic N) is 1. The molecule has 6 heteroatoms. The molecule has 0 bridgehead atoms. The number of hydrogen-bond acceptors (Lipinski definition) is 5. The summed E-state index contributed by atoms with van der Waals surface area (Å²) < 4.78 is 0. The molecule has 4 N–H and O–H groups in total. The molecule has 3 rings (SSSR count). The first-order chi connectivity index (χ1) is 14.2. The molecule has 1 saturated heterocycles. The summed E-state index contributed by atoms with van der Waals surface area (Å²) in [4.78, 5) is 16.5. The van der Waals surface area contributed by atoms with E-state index in [2.05, 4.69) is 22.3 Å². The van der Waals surface area contributed by atoms with Gasteiger partial charge in [0.25, 0.3) is 0 Å². The smallest absolute Gasteiger partial charge is 0.237 e. The predicted octanol–water partition coefficient (Wildman–Crippen LogP) is 3.26. The third-order valence-corrected chi connectivity index (χ3v) is 7.56. The fraction of sp³-hybridized carbons (Fsp3) is 0.708. The number of hydrogen-bond donors (Lipinski definition) is 3. The molecule has 2 fully saturated rings. The van der Waals surface area contributed by atoms with Gasteiger partial charge in [-0.15, -0.1) is 11.8 Å². The highest BCUT2D eigenvalue weighted by atomic mass is 32.2. The normalized spacial score (nSPS) is 27.2. The first-order valence-corrected chi connectivity index (χ1v) is 12.4. The van der Waals surface area contributed by atoms with E-state index in [0.29, 0.717) is 24.1 Å². The number of carbonyl (C=O) groups excluding carboxylic acids is 1. The van der Waals surface area contributed by atoms with E-state index in [-0.39, 0.29) is 23.5 Å². The van der Waals surface area contributed by atoms with Crippen LogP contribution in [-0.2, 0) is 4.79 Å². The van der Waals surface area contributed by atoms with Crippen LogP contribution in [0.1, 0.15) is 52.9 Å². The molecule has 5 nitrogen and oxygen atoms in total. The van der Waals surface area contributed by atoms with Crippen molar-refractivity contribution in [1.29, 1.82) is 0 Å². The van der Waals surface area contributed by atoms with Crippen LogP contribution in [0.4, 0.5) is 0 Å². The van der Waals surface area contributed by atoms with Gasteiger partial charge in [0.05, 0.1) is 12.1 Å². The van der Waals surface area contributed by atoms with Crippen LogP contribution in [0, 0.1) is 11.8 Å². The number of nitrogens with zero attached hydrogens (tertiary/aromatic N) is 1. The van der Waals surface area contributed by atoms with Gasteiger partial charge in [0.2, 0.25) is 5.91 Å². The molecule has 1 aromatic carbocycles. The highest BCUT2D eigenvalue weighted by Gasteiger charge is 2.41. The van der Waals surface area contributed by atoms with Gasteiger partial charge in [-0.2, -0.15) is 0 Å². The van der Waals surface area contributed by atoms with Crippen molar-refractivity contribution in [3.63, 3.8) is 0 Å². The van der Waals surface area contributed by atoms with Crippen LogP contribution in [0.15, 0.2) is 35.2 Å². The number of nitrogens with two attached hydrogens (primary N) is 1. The van der Waals surface area contributed by atoms with Gasteiger partial charge in [0, 0.05) is 35.3 Å². The Kier molecular flexibility index (Phi) is 8.24. The van der Waals surface area contributed by atoms with Gasteiger partial charge >= 0.3 is 0 Å². The number of likely N-dealkylation sites (tertiary alicyclic amines) is 1. The second-order valence-corrected chi connectivity index (χ2v) is 11.2. The van der Waals surface area contributed by atoms with E-state index in [1.54, 1.807) is 11.8 Å². The van der Waals surface area contributed by atoms with Gasteiger partial charge < -0.3 is 16.2 Å². The van der Waals surface area contributed by atoms with Crippen molar-refractivity contribution < 1.29 is 9.90 Å². The van der Waals surface area contributed by atoms with Crippen LogP contribution in [0.2, 0.25) is 0 Å². The van der Waals surface area contributed by atoms with E-state index in [9.17, 15) is 9.90 Å². The number of carbonyl (C=O) groups is 1. The van der Waals surface area contributed by atoms with E-state index in [1.807, 2.05) is 39.0 Å². The van der Waals surface area contributed by atoms with Crippen LogP contribution >= 0.6 is 11.8 Å². The Labute approximate surface area is 186 Å². The Hall–Kier alpha value is -1.08. The summed E-state index contributed by atoms with van der Waals surface area (Å²) >= 11 is 1.67. The summed E-state index contributed by atoms with van der Waals surface area (Å²) in [6.07, 6.45) is 5.27. The van der Waals surface area contributed by atoms with Gasteiger partial charge in [0.15, 0.2) is 0 Å². The van der Waals surface area contributed by atoms with Crippen molar-refractivity contribution in [2.45, 2.75) is 81.5 Å². The number of nitrogens with one attached hydrogen (secondary N) is 1. The lowest BCUT2D eigenvalue weighted by Gasteiger charge is -2.46. The monoisotopic (exact) mass is 433 g/mol. The Morgan fingerprint density at radius 1 is 1.23 bits per heavy atom. The van der Waals surface area contributed by atoms with Crippen LogP contribution in [0.5, 0.6) is 0 Å². The summed E-state index contributed by atoms with van der Waals surface area (Å²) in [5.41, 5.74) is 6.08. The van der Waals surface area contributed by atoms with Crippen molar-refractivity contribution in [2.75, 3.05) is 18.8 Å². The van der Waals surface area contributed by atoms with E-state index in [0.717, 1.165) is 17.9 Å². The zero-order chi connectivity index (χ0) is 21.7. The predicted molar refractivity (Wildman–Crippen MR) is 124 cm³/mol. The molecule has 1 heterocycles. The Morgan fingerprint density at radius 2 is 1.90 bits per heavy atom. The molecule has 1 saturated carbocycles. The van der Waals surface area contributed by atoms with Crippen molar-refractivity contribution in [3.05, 3.63) is 30.3 Å². The van der Waals surface area contributed by atoms with Gasteiger partial charge in [-0.3, -0.25) is 9.69 Å². The van der Waals surface area contributed by atoms with Crippen molar-refractivity contribution >= 4 is 17.7 Å². The Morgan fingerprint density at radius 3 is 2.57 bits per heavy atom. The number of fused-ring (bicyclic) bond motifs is 1. The molecule has 5 unspecified atom stereocenters. The SMILES string of the molecule is CC(C)(C)NC(=O)C1CC2CCCCC2CN1CC(O)C(N)CSc1ccccc1. The maximum absolute atomic E-state index is 13.1. The first kappa shape index (κ1) is 23.6. The van der Waals surface area contributed by atoms with E-state index in [1.165, 1.54) is 25.7 Å². The van der Waals surface area contributed by atoms with Crippen LogP contribution in [-0.4, -0.2) is 58.5 Å². The number of aliphatic hydroxyl groups excluding tert-OH is 1. The lowest BCUT2D eigenvalue weighted by Crippen LogP contribution is -2.59. The van der Waals surface area contributed by atoms with Gasteiger partial charge in [-0.25, -0.2) is 0 Å². The molecule has 0 spiro atoms. The quantitative estimate of drug-likeness (QED) is 0.575. The minimum atomic E-state index is -0.647. The molecule has 2 aliphatic rings. The van der Waals surface area contributed by atoms with Gasteiger partial charge in [-0.05, 0) is 57.6 Å². The van der Waals surface area contributed by atoms with Crippen LogP contribution in [0.25, 0.3) is 0 Å². The second kappa shape index (κ2) is 10.5. The topological polar surface area (TPSA) is 78.6 Å². The third-order valence-electron chi connectivity index (χ3n) is 6.40. The largest absolute Gasteiger partial charge is 0.390 e. The molecule has 1 aliphatic heterocycles. The third kappa shape index (κ3) is 6.71. The summed E-state index contributed by atoms with van der Waals surface area (Å²) in [6.45, 7) is 7.41. The molecule has 1 aromatic rings. The minimum Gasteiger partial charge on any atom is -0.390 e. The van der Waals surface area contributed by atoms with Crippen molar-refractivity contribution in [2.24, 2.45) is 17.6 Å². The highest BCUT2D eigenvalue weighted by molar-refractivity contribution is 7.99. The van der Waals surface area contributed by atoms with Crippen LogP contribution in [0.3, 0.4) is 0 Å². The van der Waals surface area contributed by atoms with Gasteiger partial charge in [-0.1, -0.05) is 37.5 Å². The number of rotatable bonds is 7. The molecule has 0 aromatic heterocycles. The van der Waals surface area contributed by atoms with Crippen molar-refractivity contribution in [3.8, 4) is 0 Å². The minimum absolute atomic E-state index is 0.0888. The average Bonchev–Trinajstić information content (AvgIpc) is 2.71. The lowest BCUT2D eigenvalue weighted by molar-refractivity contribution is -0.132. The van der Waals surface area contributed by atoms with Crippen LogP contribution < -0.4 is 11.1 Å². The number of aliphatic hydroxyl groups is 1. The molecule has 30 heavy (non-hydrogen) atoms. The maximum atomic E-state index is 13.1. The molecule has 0 radical (unpaired) electrons. The fourth-order valence-corrected chi connectivity index (χ4v) is 5.78. The first-order valence-electron chi connectivity index (χ1n) is 11.4. The molecular formula is C24H39N3O2S. The molecule has 5 atom stereocenters. The number of amides is 1. The summed E-state index contributed by atoms with van der Waals surface area (Å²) in [7, 11) is 0.